The first-order valence-electron chi connectivity index (χ1n) is 10.2. The van der Waals surface area contributed by atoms with Gasteiger partial charge >= 0.3 is 12.1 Å². The summed E-state index contributed by atoms with van der Waals surface area (Å²) in [4.78, 5) is 50.4. The van der Waals surface area contributed by atoms with Gasteiger partial charge in [0.15, 0.2) is 0 Å². The summed E-state index contributed by atoms with van der Waals surface area (Å²) in [6, 6.07) is -1.64. The van der Waals surface area contributed by atoms with Crippen molar-refractivity contribution in [2.24, 2.45) is 11.8 Å². The van der Waals surface area contributed by atoms with Crippen molar-refractivity contribution < 1.29 is 29.0 Å². The molecule has 0 aromatic rings. The van der Waals surface area contributed by atoms with E-state index in [0.717, 1.165) is 0 Å². The quantitative estimate of drug-likeness (QED) is 0.519. The molecule has 0 aromatic carbocycles. The van der Waals surface area contributed by atoms with E-state index in [1.165, 1.54) is 11.8 Å². The highest BCUT2D eigenvalue weighted by atomic mass is 32.2. The highest BCUT2D eigenvalue weighted by Gasteiger charge is 2.34. The van der Waals surface area contributed by atoms with Crippen LogP contribution in [0.3, 0.4) is 0 Å². The van der Waals surface area contributed by atoms with Gasteiger partial charge in [0.05, 0.1) is 0 Å². The molecule has 0 aliphatic carbocycles. The first-order chi connectivity index (χ1) is 13.9. The van der Waals surface area contributed by atoms with Gasteiger partial charge in [0.25, 0.3) is 0 Å². The van der Waals surface area contributed by atoms with Crippen LogP contribution in [0, 0.1) is 11.8 Å². The Labute approximate surface area is 182 Å². The highest BCUT2D eigenvalue weighted by Crippen LogP contribution is 2.20. The number of carboxylic acid groups (broad SMARTS) is 1. The zero-order chi connectivity index (χ0) is 23.1. The van der Waals surface area contributed by atoms with Crippen LogP contribution in [0.15, 0.2) is 0 Å². The Kier molecular flexibility index (Phi) is 9.93. The number of hydrogen-bond acceptors (Lipinski definition) is 6. The molecule has 10 heteroatoms. The molecule has 9 nitrogen and oxygen atoms in total. The fourth-order valence-electron chi connectivity index (χ4n) is 3.14. The summed E-state index contributed by atoms with van der Waals surface area (Å²) >= 11 is 1.35. The van der Waals surface area contributed by atoms with E-state index in [0.29, 0.717) is 31.7 Å². The molecule has 30 heavy (non-hydrogen) atoms. The van der Waals surface area contributed by atoms with Crippen LogP contribution >= 0.6 is 11.8 Å². The minimum absolute atomic E-state index is 0.131. The average Bonchev–Trinajstić information content (AvgIpc) is 2.63. The largest absolute Gasteiger partial charge is 0.480 e. The number of thioether (sulfide) groups is 1. The van der Waals surface area contributed by atoms with E-state index in [4.69, 9.17) is 4.74 Å². The number of amides is 3. The van der Waals surface area contributed by atoms with Gasteiger partial charge in [-0.15, -0.1) is 0 Å². The summed E-state index contributed by atoms with van der Waals surface area (Å²) in [7, 11) is 0. The first kappa shape index (κ1) is 26.1. The lowest BCUT2D eigenvalue weighted by molar-refractivity contribution is -0.142. The molecule has 1 rings (SSSR count). The fraction of sp³-hybridized carbons (Fsp3) is 0.800. The predicted octanol–water partition coefficient (Wildman–Crippen LogP) is 1.71. The first-order valence-corrected chi connectivity index (χ1v) is 11.6. The Hall–Kier alpha value is -1.97. The number of hydrogen-bond donors (Lipinski definition) is 3. The summed E-state index contributed by atoms with van der Waals surface area (Å²) in [6.45, 7) is 9.69. The molecule has 172 valence electrons. The number of carbonyl (C=O) groups is 4. The van der Waals surface area contributed by atoms with Crippen molar-refractivity contribution in [1.82, 2.24) is 15.5 Å². The van der Waals surface area contributed by atoms with E-state index in [-0.39, 0.29) is 23.7 Å². The molecule has 0 unspecified atom stereocenters. The number of piperidine rings is 1. The molecule has 1 fully saturated rings. The van der Waals surface area contributed by atoms with Crippen LogP contribution in [0.2, 0.25) is 0 Å². The maximum atomic E-state index is 12.9. The second kappa shape index (κ2) is 11.4. The minimum atomic E-state index is -1.06. The van der Waals surface area contributed by atoms with Gasteiger partial charge in [-0.3, -0.25) is 9.59 Å². The lowest BCUT2D eigenvalue weighted by Gasteiger charge is -2.35. The molecule has 3 N–H and O–H groups in total. The van der Waals surface area contributed by atoms with Crippen molar-refractivity contribution in [3.63, 3.8) is 0 Å². The van der Waals surface area contributed by atoms with E-state index in [1.54, 1.807) is 31.9 Å². The maximum Gasteiger partial charge on any atom is 0.408 e. The Balaban J connectivity index is 2.65. The number of nitrogens with zero attached hydrogens (tertiary/aromatic N) is 1. The molecule has 1 saturated heterocycles. The van der Waals surface area contributed by atoms with Gasteiger partial charge in [-0.25, -0.2) is 9.59 Å². The molecule has 3 amide bonds. The molecule has 0 spiro atoms. The van der Waals surface area contributed by atoms with E-state index in [2.05, 4.69) is 10.6 Å². The third-order valence-corrected chi connectivity index (χ3v) is 5.40. The number of carbonyl (C=O) groups excluding carboxylic acids is 3. The fourth-order valence-corrected chi connectivity index (χ4v) is 3.70. The van der Waals surface area contributed by atoms with Gasteiger partial charge in [-0.05, 0) is 45.8 Å². The molecule has 1 aliphatic heterocycles. The Morgan fingerprint density at radius 3 is 2.13 bits per heavy atom. The number of carboxylic acids is 1. The number of nitrogens with one attached hydrogen (secondary N) is 2. The summed E-state index contributed by atoms with van der Waals surface area (Å²) in [6.07, 6.45) is 2.03. The van der Waals surface area contributed by atoms with Crippen molar-refractivity contribution in [2.45, 2.75) is 65.1 Å². The lowest BCUT2D eigenvalue weighted by atomic mass is 9.94. The van der Waals surface area contributed by atoms with Crippen LogP contribution in [-0.2, 0) is 19.1 Å². The number of likely N-dealkylation sites (tertiary alicyclic amines) is 1. The van der Waals surface area contributed by atoms with Gasteiger partial charge in [-0.1, -0.05) is 13.8 Å². The Morgan fingerprint density at radius 2 is 1.70 bits per heavy atom. The molecule has 0 saturated carbocycles. The third kappa shape index (κ3) is 8.41. The molecular weight excluding hydrogens is 410 g/mol. The SMILES string of the molecule is CSC[C@H](NC(=O)C1CCN(C(=O)[C@@H](NC(=O)OC(C)(C)C)C(C)C)CC1)C(=O)O. The molecule has 0 aromatic heterocycles. The molecule has 2 atom stereocenters. The highest BCUT2D eigenvalue weighted by molar-refractivity contribution is 7.98. The second-order valence-corrected chi connectivity index (χ2v) is 9.73. The van der Waals surface area contributed by atoms with Gasteiger partial charge in [0.2, 0.25) is 11.8 Å². The van der Waals surface area contributed by atoms with Crippen LogP contribution < -0.4 is 10.6 Å². The van der Waals surface area contributed by atoms with Crippen molar-refractivity contribution >= 4 is 35.6 Å². The number of aliphatic carboxylic acids is 1. The van der Waals surface area contributed by atoms with Crippen LogP contribution in [0.1, 0.15) is 47.5 Å². The number of alkyl carbamates (subject to hydrolysis) is 1. The van der Waals surface area contributed by atoms with Gasteiger partial charge in [0.1, 0.15) is 17.7 Å². The molecule has 1 aliphatic rings. The molecular formula is C20H35N3O6S. The lowest BCUT2D eigenvalue weighted by Crippen LogP contribution is -2.54. The van der Waals surface area contributed by atoms with Crippen molar-refractivity contribution in [1.29, 1.82) is 0 Å². The van der Waals surface area contributed by atoms with E-state index in [1.807, 2.05) is 13.8 Å². The summed E-state index contributed by atoms with van der Waals surface area (Å²) in [5, 5.41) is 14.4. The topological polar surface area (TPSA) is 125 Å². The standard InChI is InChI=1S/C20H35N3O6S/c1-12(2)15(22-19(28)29-20(3,4)5)17(25)23-9-7-13(8-10-23)16(24)21-14(11-30-6)18(26)27/h12-15H,7-11H2,1-6H3,(H,21,24)(H,22,28)(H,26,27)/t14-,15-/m0/s1. The molecule has 0 radical (unpaired) electrons. The Morgan fingerprint density at radius 1 is 1.13 bits per heavy atom. The van der Waals surface area contributed by atoms with Gasteiger partial charge in [-0.2, -0.15) is 11.8 Å². The van der Waals surface area contributed by atoms with Gasteiger partial charge in [0, 0.05) is 24.8 Å². The third-order valence-electron chi connectivity index (χ3n) is 4.73. The van der Waals surface area contributed by atoms with E-state index in [9.17, 15) is 24.3 Å². The number of rotatable bonds is 8. The van der Waals surface area contributed by atoms with Gasteiger partial charge < -0.3 is 25.4 Å². The second-order valence-electron chi connectivity index (χ2n) is 8.82. The number of ether oxygens (including phenoxy) is 1. The van der Waals surface area contributed by atoms with Crippen LogP contribution in [0.25, 0.3) is 0 Å². The van der Waals surface area contributed by atoms with Crippen LogP contribution in [-0.4, -0.2) is 76.7 Å². The summed E-state index contributed by atoms with van der Waals surface area (Å²) in [5.41, 5.74) is -0.662. The summed E-state index contributed by atoms with van der Waals surface area (Å²) in [5.74, 6) is -1.73. The smallest absolute Gasteiger partial charge is 0.408 e. The normalized spacial score (nSPS) is 17.2. The zero-order valence-electron chi connectivity index (χ0n) is 18.7. The maximum absolute atomic E-state index is 12.9. The van der Waals surface area contributed by atoms with Crippen molar-refractivity contribution in [2.75, 3.05) is 25.1 Å². The minimum Gasteiger partial charge on any atom is -0.480 e. The molecule has 0 bridgehead atoms. The average molecular weight is 446 g/mol. The monoisotopic (exact) mass is 445 g/mol. The molecule has 1 heterocycles. The Bertz CT molecular complexity index is 627. The summed E-state index contributed by atoms with van der Waals surface area (Å²) < 4.78 is 5.26. The van der Waals surface area contributed by atoms with Crippen molar-refractivity contribution in [3.05, 3.63) is 0 Å². The van der Waals surface area contributed by atoms with Crippen LogP contribution in [0.5, 0.6) is 0 Å². The van der Waals surface area contributed by atoms with Crippen LogP contribution in [0.4, 0.5) is 4.79 Å². The van der Waals surface area contributed by atoms with E-state index < -0.39 is 29.7 Å². The predicted molar refractivity (Wildman–Crippen MR) is 115 cm³/mol. The zero-order valence-corrected chi connectivity index (χ0v) is 19.5. The van der Waals surface area contributed by atoms with Crippen molar-refractivity contribution in [3.8, 4) is 0 Å². The van der Waals surface area contributed by atoms with E-state index >= 15 is 0 Å².